The molecule has 0 fully saturated rings. The van der Waals surface area contributed by atoms with E-state index in [0.717, 1.165) is 16.1 Å². The van der Waals surface area contributed by atoms with E-state index in [4.69, 9.17) is 5.73 Å². The van der Waals surface area contributed by atoms with Gasteiger partial charge in [-0.3, -0.25) is 0 Å². The number of hydrogen-bond donors (Lipinski definition) is 1. The minimum absolute atomic E-state index is 0.0202. The second-order valence-corrected chi connectivity index (χ2v) is 6.35. The average molecular weight is 423 g/mol. The third-order valence-corrected chi connectivity index (χ3v) is 4.59. The molecule has 0 aromatic heterocycles. The molecule has 1 nitrogen and oxygen atoms in total. The fraction of sp³-hybridized carbons (Fsp3) is 0.200. The van der Waals surface area contributed by atoms with Gasteiger partial charge in [-0.2, -0.15) is 13.2 Å². The topological polar surface area (TPSA) is 26.0 Å². The van der Waals surface area contributed by atoms with Crippen LogP contribution in [0.5, 0.6) is 0 Å². The Morgan fingerprint density at radius 2 is 1.67 bits per heavy atom. The van der Waals surface area contributed by atoms with Crippen LogP contribution in [0.1, 0.15) is 22.7 Å². The molecule has 0 aliphatic carbocycles. The Morgan fingerprint density at radius 1 is 1.00 bits per heavy atom. The molecular formula is C15H12Br2F3N. The largest absolute Gasteiger partial charge is 0.417 e. The molecule has 1 atom stereocenters. The quantitative estimate of drug-likeness (QED) is 0.696. The van der Waals surface area contributed by atoms with E-state index in [9.17, 15) is 13.2 Å². The molecule has 0 bridgehead atoms. The van der Waals surface area contributed by atoms with Gasteiger partial charge in [-0.25, -0.2) is 0 Å². The highest BCUT2D eigenvalue weighted by Gasteiger charge is 2.33. The standard InChI is InChI=1S/C15H12Br2F3N/c16-12-4-2-1-3-9(12)8-14(21)10-5-6-13(17)11(7-10)15(18,19)20/h1-7,14H,8,21H2. The summed E-state index contributed by atoms with van der Waals surface area (Å²) in [6.45, 7) is 0. The van der Waals surface area contributed by atoms with E-state index in [-0.39, 0.29) is 4.47 Å². The first-order valence-electron chi connectivity index (χ1n) is 6.14. The third-order valence-electron chi connectivity index (χ3n) is 3.12. The molecule has 0 aliphatic heterocycles. The zero-order valence-corrected chi connectivity index (χ0v) is 14.0. The predicted octanol–water partition coefficient (Wildman–Crippen LogP) is 5.47. The maximum Gasteiger partial charge on any atom is 0.417 e. The summed E-state index contributed by atoms with van der Waals surface area (Å²) in [5.41, 5.74) is 6.77. The lowest BCUT2D eigenvalue weighted by molar-refractivity contribution is -0.138. The molecule has 1 unspecified atom stereocenters. The molecule has 6 heteroatoms. The van der Waals surface area contributed by atoms with Gasteiger partial charge >= 0.3 is 6.18 Å². The van der Waals surface area contributed by atoms with Gasteiger partial charge in [0, 0.05) is 15.0 Å². The van der Waals surface area contributed by atoms with Gasteiger partial charge in [0.05, 0.1) is 5.56 Å². The molecule has 0 saturated heterocycles. The Morgan fingerprint density at radius 3 is 2.29 bits per heavy atom. The first kappa shape index (κ1) is 16.5. The zero-order valence-electron chi connectivity index (χ0n) is 10.8. The second-order valence-electron chi connectivity index (χ2n) is 4.64. The highest BCUT2D eigenvalue weighted by Crippen LogP contribution is 2.36. The van der Waals surface area contributed by atoms with Crippen molar-refractivity contribution in [3.05, 3.63) is 68.1 Å². The Bertz CT molecular complexity index is 641. The van der Waals surface area contributed by atoms with Crippen LogP contribution in [0.2, 0.25) is 0 Å². The first-order valence-corrected chi connectivity index (χ1v) is 7.73. The van der Waals surface area contributed by atoms with Crippen molar-refractivity contribution >= 4 is 31.9 Å². The van der Waals surface area contributed by atoms with Gasteiger partial charge in [0.2, 0.25) is 0 Å². The van der Waals surface area contributed by atoms with Crippen LogP contribution in [0.25, 0.3) is 0 Å². The minimum atomic E-state index is -4.40. The highest BCUT2D eigenvalue weighted by molar-refractivity contribution is 9.10. The van der Waals surface area contributed by atoms with Crippen molar-refractivity contribution in [3.8, 4) is 0 Å². The summed E-state index contributed by atoms with van der Waals surface area (Å²) in [6, 6.07) is 11.1. The predicted molar refractivity (Wildman–Crippen MR) is 83.9 cm³/mol. The van der Waals surface area contributed by atoms with Gasteiger partial charge in [0.1, 0.15) is 0 Å². The summed E-state index contributed by atoms with van der Waals surface area (Å²) >= 11 is 6.34. The fourth-order valence-corrected chi connectivity index (χ4v) is 2.93. The Labute approximate surface area is 137 Å². The lowest BCUT2D eigenvalue weighted by atomic mass is 9.98. The summed E-state index contributed by atoms with van der Waals surface area (Å²) in [7, 11) is 0. The van der Waals surface area contributed by atoms with Crippen LogP contribution < -0.4 is 5.73 Å². The van der Waals surface area contributed by atoms with Gasteiger partial charge in [-0.15, -0.1) is 0 Å². The van der Waals surface area contributed by atoms with Crippen LogP contribution in [0.3, 0.4) is 0 Å². The van der Waals surface area contributed by atoms with Crippen molar-refractivity contribution in [2.75, 3.05) is 0 Å². The van der Waals surface area contributed by atoms with Crippen LogP contribution >= 0.6 is 31.9 Å². The molecule has 0 aliphatic rings. The molecule has 21 heavy (non-hydrogen) atoms. The number of benzene rings is 2. The molecule has 2 N–H and O–H groups in total. The molecule has 2 rings (SSSR count). The molecule has 0 amide bonds. The van der Waals surface area contributed by atoms with E-state index in [0.29, 0.717) is 12.0 Å². The van der Waals surface area contributed by atoms with Crippen molar-refractivity contribution in [3.63, 3.8) is 0 Å². The summed E-state index contributed by atoms with van der Waals surface area (Å²) in [5, 5.41) is 0. The number of nitrogens with two attached hydrogens (primary N) is 1. The maximum atomic E-state index is 12.9. The van der Waals surface area contributed by atoms with Gasteiger partial charge in [-0.1, -0.05) is 56.1 Å². The van der Waals surface area contributed by atoms with Crippen LogP contribution in [0.4, 0.5) is 13.2 Å². The summed E-state index contributed by atoms with van der Waals surface area (Å²) in [4.78, 5) is 0. The van der Waals surface area contributed by atoms with Crippen LogP contribution in [-0.4, -0.2) is 0 Å². The number of halogens is 5. The highest BCUT2D eigenvalue weighted by atomic mass is 79.9. The zero-order chi connectivity index (χ0) is 15.6. The van der Waals surface area contributed by atoms with Gasteiger partial charge in [0.25, 0.3) is 0 Å². The average Bonchev–Trinajstić information content (AvgIpc) is 2.40. The van der Waals surface area contributed by atoms with Crippen molar-refractivity contribution in [2.24, 2.45) is 5.73 Å². The van der Waals surface area contributed by atoms with E-state index >= 15 is 0 Å². The Kier molecular flexibility index (Phi) is 5.11. The lowest BCUT2D eigenvalue weighted by Gasteiger charge is -2.16. The van der Waals surface area contributed by atoms with Gasteiger partial charge in [0.15, 0.2) is 0 Å². The van der Waals surface area contributed by atoms with Crippen molar-refractivity contribution in [2.45, 2.75) is 18.6 Å². The van der Waals surface area contributed by atoms with Crippen LogP contribution in [0, 0.1) is 0 Å². The minimum Gasteiger partial charge on any atom is -0.324 e. The Balaban J connectivity index is 2.28. The monoisotopic (exact) mass is 421 g/mol. The van der Waals surface area contributed by atoms with Crippen molar-refractivity contribution < 1.29 is 13.2 Å². The molecule has 2 aromatic carbocycles. The summed E-state index contributed by atoms with van der Waals surface area (Å²) < 4.78 is 39.6. The van der Waals surface area contributed by atoms with Gasteiger partial charge < -0.3 is 5.73 Å². The first-order chi connectivity index (χ1) is 9.79. The molecule has 2 aromatic rings. The third kappa shape index (κ3) is 4.08. The van der Waals surface area contributed by atoms with Gasteiger partial charge in [-0.05, 0) is 35.7 Å². The summed E-state index contributed by atoms with van der Waals surface area (Å²) in [5.74, 6) is 0. The molecule has 0 saturated carbocycles. The van der Waals surface area contributed by atoms with Crippen LogP contribution in [-0.2, 0) is 12.6 Å². The Hall–Kier alpha value is -0.850. The number of hydrogen-bond acceptors (Lipinski definition) is 1. The normalized spacial score (nSPS) is 13.2. The SMILES string of the molecule is NC(Cc1ccccc1Br)c1ccc(Br)c(C(F)(F)F)c1. The molecule has 112 valence electrons. The van der Waals surface area contributed by atoms with E-state index in [1.807, 2.05) is 24.3 Å². The van der Waals surface area contributed by atoms with Crippen molar-refractivity contribution in [1.29, 1.82) is 0 Å². The van der Waals surface area contributed by atoms with Crippen LogP contribution in [0.15, 0.2) is 51.4 Å². The van der Waals surface area contributed by atoms with E-state index in [1.165, 1.54) is 6.07 Å². The van der Waals surface area contributed by atoms with Crippen molar-refractivity contribution in [1.82, 2.24) is 0 Å². The van der Waals surface area contributed by atoms with E-state index in [2.05, 4.69) is 31.9 Å². The van der Waals surface area contributed by atoms with E-state index in [1.54, 1.807) is 6.07 Å². The van der Waals surface area contributed by atoms with E-state index < -0.39 is 17.8 Å². The summed E-state index contributed by atoms with van der Waals surface area (Å²) in [6.07, 6.45) is -3.94. The fourth-order valence-electron chi connectivity index (χ4n) is 2.01. The lowest BCUT2D eigenvalue weighted by Crippen LogP contribution is -2.15. The number of alkyl halides is 3. The molecular weight excluding hydrogens is 411 g/mol. The number of rotatable bonds is 3. The smallest absolute Gasteiger partial charge is 0.324 e. The second kappa shape index (κ2) is 6.50. The molecule has 0 radical (unpaired) electrons. The molecule has 0 spiro atoms. The molecule has 0 heterocycles. The maximum absolute atomic E-state index is 12.9.